The number of benzene rings is 2. The molecule has 0 unspecified atom stereocenters. The Hall–Kier alpha value is -3.04. The van der Waals surface area contributed by atoms with Crippen LogP contribution >= 0.6 is 0 Å². The lowest BCUT2D eigenvalue weighted by Crippen LogP contribution is -2.41. The maximum absolute atomic E-state index is 13.0. The molecule has 1 N–H and O–H groups in total. The van der Waals surface area contributed by atoms with Gasteiger partial charge in [-0.15, -0.1) is 0 Å². The van der Waals surface area contributed by atoms with E-state index in [2.05, 4.69) is 5.32 Å². The average Bonchev–Trinajstić information content (AvgIpc) is 3.25. The van der Waals surface area contributed by atoms with E-state index in [1.54, 1.807) is 35.2 Å². The van der Waals surface area contributed by atoms with Crippen molar-refractivity contribution in [1.29, 1.82) is 0 Å². The van der Waals surface area contributed by atoms with Crippen LogP contribution in [0.1, 0.15) is 43.0 Å². The zero-order valence-corrected chi connectivity index (χ0v) is 19.3. The van der Waals surface area contributed by atoms with E-state index in [1.165, 1.54) is 23.4 Å². The first-order chi connectivity index (χ1) is 15.8. The first-order valence-electron chi connectivity index (χ1n) is 11.1. The molecule has 2 heterocycles. The number of carbonyl (C=O) groups excluding carboxylic acids is 3. The van der Waals surface area contributed by atoms with Crippen molar-refractivity contribution in [3.8, 4) is 0 Å². The van der Waals surface area contributed by atoms with E-state index in [1.807, 2.05) is 6.07 Å². The second-order valence-electron chi connectivity index (χ2n) is 8.45. The van der Waals surface area contributed by atoms with E-state index in [0.717, 1.165) is 12.1 Å². The largest absolute Gasteiger partial charge is 0.326 e. The van der Waals surface area contributed by atoms with Gasteiger partial charge in [0.05, 0.1) is 4.90 Å². The highest BCUT2D eigenvalue weighted by Crippen LogP contribution is 2.27. The number of hydrogen-bond donors (Lipinski definition) is 1. The number of rotatable bonds is 6. The van der Waals surface area contributed by atoms with Crippen LogP contribution in [0.2, 0.25) is 0 Å². The highest BCUT2D eigenvalue weighted by atomic mass is 32.2. The summed E-state index contributed by atoms with van der Waals surface area (Å²) < 4.78 is 27.4. The van der Waals surface area contributed by atoms with Crippen molar-refractivity contribution in [2.24, 2.45) is 5.92 Å². The zero-order chi connectivity index (χ0) is 23.6. The molecule has 33 heavy (non-hydrogen) atoms. The molecule has 2 saturated heterocycles. The smallest absolute Gasteiger partial charge is 0.243 e. The number of Topliss-reactive ketones (excluding diaryl/α,β-unsaturated/α-hetero) is 1. The van der Waals surface area contributed by atoms with Crippen molar-refractivity contribution in [2.45, 2.75) is 37.5 Å². The lowest BCUT2D eigenvalue weighted by atomic mass is 9.97. The molecule has 2 aliphatic heterocycles. The third-order valence-corrected chi connectivity index (χ3v) is 8.10. The monoisotopic (exact) mass is 469 g/mol. The lowest BCUT2D eigenvalue weighted by Gasteiger charge is -2.30. The Morgan fingerprint density at radius 2 is 1.73 bits per heavy atom. The van der Waals surface area contributed by atoms with Crippen LogP contribution < -0.4 is 10.2 Å². The summed E-state index contributed by atoms with van der Waals surface area (Å²) >= 11 is 0. The number of sulfonamides is 1. The van der Waals surface area contributed by atoms with Gasteiger partial charge in [-0.2, -0.15) is 4.31 Å². The average molecular weight is 470 g/mol. The Labute approximate surface area is 193 Å². The molecule has 4 rings (SSSR count). The Morgan fingerprint density at radius 1 is 1.00 bits per heavy atom. The van der Waals surface area contributed by atoms with Crippen LogP contribution in [0, 0.1) is 5.92 Å². The minimum Gasteiger partial charge on any atom is -0.326 e. The van der Waals surface area contributed by atoms with E-state index < -0.39 is 10.0 Å². The second-order valence-corrected chi connectivity index (χ2v) is 10.4. The SMILES string of the molecule is CC(=O)c1cccc(S(=O)(=O)N2CCC(C(=O)Nc3cccc(N4CCCC4=O)c3)CC2)c1. The summed E-state index contributed by atoms with van der Waals surface area (Å²) in [5, 5.41) is 2.91. The summed E-state index contributed by atoms with van der Waals surface area (Å²) in [7, 11) is -3.73. The van der Waals surface area contributed by atoms with Crippen molar-refractivity contribution in [3.05, 3.63) is 54.1 Å². The molecule has 174 valence electrons. The van der Waals surface area contributed by atoms with Crippen LogP contribution in [0.25, 0.3) is 0 Å². The van der Waals surface area contributed by atoms with Crippen LogP contribution in [0.4, 0.5) is 11.4 Å². The summed E-state index contributed by atoms with van der Waals surface area (Å²) in [6, 6.07) is 13.3. The lowest BCUT2D eigenvalue weighted by molar-refractivity contribution is -0.121. The van der Waals surface area contributed by atoms with E-state index in [9.17, 15) is 22.8 Å². The fraction of sp³-hybridized carbons (Fsp3) is 0.375. The minimum absolute atomic E-state index is 0.0842. The summed E-state index contributed by atoms with van der Waals surface area (Å²) in [6.45, 7) is 2.53. The van der Waals surface area contributed by atoms with Gasteiger partial charge in [0.1, 0.15) is 0 Å². The standard InChI is InChI=1S/C24H27N3O5S/c1-17(28)19-5-2-8-22(15-19)33(31,32)26-13-10-18(11-14-26)24(30)25-20-6-3-7-21(16-20)27-12-4-9-23(27)29/h2-3,5-8,15-16,18H,4,9-14H2,1H3,(H,25,30). The Morgan fingerprint density at radius 3 is 2.39 bits per heavy atom. The van der Waals surface area contributed by atoms with Gasteiger partial charge in [-0.3, -0.25) is 14.4 Å². The van der Waals surface area contributed by atoms with E-state index in [-0.39, 0.29) is 41.5 Å². The van der Waals surface area contributed by atoms with Crippen LogP contribution in [-0.4, -0.2) is 50.0 Å². The topological polar surface area (TPSA) is 104 Å². The predicted octanol–water partition coefficient (Wildman–Crippen LogP) is 3.06. The Balaban J connectivity index is 1.38. The fourth-order valence-corrected chi connectivity index (χ4v) is 5.82. The van der Waals surface area contributed by atoms with Crippen molar-refractivity contribution < 1.29 is 22.8 Å². The molecular weight excluding hydrogens is 442 g/mol. The molecule has 0 spiro atoms. The number of carbonyl (C=O) groups is 3. The van der Waals surface area contributed by atoms with E-state index in [4.69, 9.17) is 0 Å². The molecule has 0 saturated carbocycles. The van der Waals surface area contributed by atoms with Gasteiger partial charge in [0.2, 0.25) is 21.8 Å². The number of nitrogens with zero attached hydrogens (tertiary/aromatic N) is 2. The van der Waals surface area contributed by atoms with Gasteiger partial charge in [-0.25, -0.2) is 8.42 Å². The van der Waals surface area contributed by atoms with Gasteiger partial charge in [-0.1, -0.05) is 18.2 Å². The van der Waals surface area contributed by atoms with Gasteiger partial charge >= 0.3 is 0 Å². The van der Waals surface area contributed by atoms with E-state index in [0.29, 0.717) is 37.1 Å². The highest BCUT2D eigenvalue weighted by Gasteiger charge is 2.32. The number of amides is 2. The van der Waals surface area contributed by atoms with Gasteiger partial charge in [-0.05, 0) is 56.5 Å². The normalized spacial score (nSPS) is 17.8. The van der Waals surface area contributed by atoms with Crippen LogP contribution in [0.3, 0.4) is 0 Å². The molecule has 0 bridgehead atoms. The summed E-state index contributed by atoms with van der Waals surface area (Å²) in [4.78, 5) is 38.2. The highest BCUT2D eigenvalue weighted by molar-refractivity contribution is 7.89. The molecule has 0 aliphatic carbocycles. The molecule has 2 aromatic rings. The minimum atomic E-state index is -3.73. The number of piperidine rings is 1. The number of ketones is 1. The van der Waals surface area contributed by atoms with Crippen LogP contribution in [0.15, 0.2) is 53.4 Å². The van der Waals surface area contributed by atoms with Crippen molar-refractivity contribution in [2.75, 3.05) is 29.9 Å². The molecule has 0 radical (unpaired) electrons. The number of anilines is 2. The zero-order valence-electron chi connectivity index (χ0n) is 18.5. The second kappa shape index (κ2) is 9.44. The van der Waals surface area contributed by atoms with Gasteiger partial charge in [0.15, 0.2) is 5.78 Å². The molecule has 9 heteroatoms. The quantitative estimate of drug-likeness (QED) is 0.655. The van der Waals surface area contributed by atoms with Gasteiger partial charge < -0.3 is 10.2 Å². The maximum atomic E-state index is 13.0. The molecule has 0 aromatic heterocycles. The molecule has 2 amide bonds. The van der Waals surface area contributed by atoms with Gasteiger partial charge in [0.25, 0.3) is 0 Å². The number of nitrogens with one attached hydrogen (secondary N) is 1. The summed E-state index contributed by atoms with van der Waals surface area (Å²) in [6.07, 6.45) is 2.18. The van der Waals surface area contributed by atoms with Gasteiger partial charge in [0, 0.05) is 48.9 Å². The first-order valence-corrected chi connectivity index (χ1v) is 12.5. The third-order valence-electron chi connectivity index (χ3n) is 6.20. The predicted molar refractivity (Wildman–Crippen MR) is 125 cm³/mol. The molecular formula is C24H27N3O5S. The fourth-order valence-electron chi connectivity index (χ4n) is 4.30. The molecule has 2 aliphatic rings. The summed E-state index contributed by atoms with van der Waals surface area (Å²) in [5.74, 6) is -0.575. The molecule has 8 nitrogen and oxygen atoms in total. The first kappa shape index (κ1) is 23.1. The van der Waals surface area contributed by atoms with Crippen molar-refractivity contribution >= 4 is 39.0 Å². The van der Waals surface area contributed by atoms with Crippen molar-refractivity contribution in [1.82, 2.24) is 4.31 Å². The number of hydrogen-bond acceptors (Lipinski definition) is 5. The van der Waals surface area contributed by atoms with Crippen LogP contribution in [0.5, 0.6) is 0 Å². The summed E-state index contributed by atoms with van der Waals surface area (Å²) in [5.41, 5.74) is 1.74. The molecule has 2 fully saturated rings. The molecule has 0 atom stereocenters. The van der Waals surface area contributed by atoms with E-state index >= 15 is 0 Å². The van der Waals surface area contributed by atoms with Crippen LogP contribution in [-0.2, 0) is 19.6 Å². The maximum Gasteiger partial charge on any atom is 0.243 e. The Kier molecular flexibility index (Phi) is 6.62. The third kappa shape index (κ3) is 4.99. The molecule has 2 aromatic carbocycles. The van der Waals surface area contributed by atoms with Crippen molar-refractivity contribution in [3.63, 3.8) is 0 Å². The Bertz CT molecular complexity index is 1190.